The maximum absolute atomic E-state index is 12.5. The number of hydrogen-bond acceptors (Lipinski definition) is 6. The van der Waals surface area contributed by atoms with E-state index in [4.69, 9.17) is 9.47 Å². The fourth-order valence-electron chi connectivity index (χ4n) is 2.32. The SMILES string of the molecule is CC(C)(C)OC(=O)N1C(C)(C)OCC1(C)c1nn[nH]n1. The lowest BCUT2D eigenvalue weighted by molar-refractivity contribution is -0.0690. The molecule has 8 nitrogen and oxygen atoms in total. The second-order valence-electron chi connectivity index (χ2n) is 6.56. The Kier molecular flexibility index (Phi) is 3.24. The molecule has 1 aromatic heterocycles. The van der Waals surface area contributed by atoms with E-state index in [1.165, 1.54) is 4.90 Å². The van der Waals surface area contributed by atoms with Crippen molar-refractivity contribution in [3.63, 3.8) is 0 Å². The minimum absolute atomic E-state index is 0.277. The summed E-state index contributed by atoms with van der Waals surface area (Å²) < 4.78 is 11.2. The Morgan fingerprint density at radius 2 is 2.05 bits per heavy atom. The number of H-pyrrole nitrogens is 1. The van der Waals surface area contributed by atoms with Crippen molar-refractivity contribution in [2.75, 3.05) is 6.61 Å². The van der Waals surface area contributed by atoms with Gasteiger partial charge in [0.2, 0.25) is 5.82 Å². The number of ether oxygens (including phenoxy) is 2. The summed E-state index contributed by atoms with van der Waals surface area (Å²) in [5.74, 6) is 0.397. The van der Waals surface area contributed by atoms with E-state index in [1.807, 2.05) is 41.5 Å². The molecule has 0 aromatic carbocycles. The average molecular weight is 283 g/mol. The predicted octanol–water partition coefficient (Wildman–Crippen LogP) is 1.42. The summed E-state index contributed by atoms with van der Waals surface area (Å²) in [6.07, 6.45) is -0.465. The van der Waals surface area contributed by atoms with E-state index in [1.54, 1.807) is 0 Å². The van der Waals surface area contributed by atoms with E-state index in [2.05, 4.69) is 20.6 Å². The number of nitrogens with one attached hydrogen (secondary N) is 1. The zero-order valence-corrected chi connectivity index (χ0v) is 12.7. The number of hydrogen-bond donors (Lipinski definition) is 1. The van der Waals surface area contributed by atoms with Crippen LogP contribution in [0.15, 0.2) is 0 Å². The number of carbonyl (C=O) groups is 1. The van der Waals surface area contributed by atoms with Crippen LogP contribution in [0.1, 0.15) is 47.4 Å². The van der Waals surface area contributed by atoms with Crippen LogP contribution in [0.2, 0.25) is 0 Å². The molecule has 112 valence electrons. The van der Waals surface area contributed by atoms with Crippen LogP contribution in [0.25, 0.3) is 0 Å². The molecule has 2 heterocycles. The molecule has 1 aliphatic rings. The molecule has 0 bridgehead atoms. The Labute approximate surface area is 117 Å². The zero-order valence-electron chi connectivity index (χ0n) is 12.7. The molecule has 8 heteroatoms. The third kappa shape index (κ3) is 2.47. The van der Waals surface area contributed by atoms with Crippen molar-refractivity contribution in [3.05, 3.63) is 5.82 Å². The number of carbonyl (C=O) groups excluding carboxylic acids is 1. The molecular weight excluding hydrogens is 262 g/mol. The van der Waals surface area contributed by atoms with E-state index in [-0.39, 0.29) is 6.61 Å². The fraction of sp³-hybridized carbons (Fsp3) is 0.833. The summed E-state index contributed by atoms with van der Waals surface area (Å²) in [6.45, 7) is 11.2. The number of nitrogens with zero attached hydrogens (tertiary/aromatic N) is 4. The van der Waals surface area contributed by atoms with E-state index < -0.39 is 23.0 Å². The summed E-state index contributed by atoms with van der Waals surface area (Å²) in [4.78, 5) is 14.0. The van der Waals surface area contributed by atoms with Crippen molar-refractivity contribution in [2.45, 2.75) is 58.4 Å². The molecule has 1 aliphatic heterocycles. The number of aromatic amines is 1. The minimum Gasteiger partial charge on any atom is -0.444 e. The van der Waals surface area contributed by atoms with Crippen molar-refractivity contribution in [3.8, 4) is 0 Å². The second-order valence-corrected chi connectivity index (χ2v) is 6.56. The number of rotatable bonds is 1. The van der Waals surface area contributed by atoms with E-state index in [9.17, 15) is 4.79 Å². The Hall–Kier alpha value is -1.70. The van der Waals surface area contributed by atoms with Gasteiger partial charge in [-0.1, -0.05) is 5.21 Å². The van der Waals surface area contributed by atoms with Gasteiger partial charge in [-0.15, -0.1) is 10.2 Å². The van der Waals surface area contributed by atoms with Gasteiger partial charge in [0.25, 0.3) is 0 Å². The molecule has 0 spiro atoms. The lowest BCUT2D eigenvalue weighted by atomic mass is 10.0. The van der Waals surface area contributed by atoms with Gasteiger partial charge in [0.05, 0.1) is 6.61 Å². The van der Waals surface area contributed by atoms with Crippen LogP contribution in [0.4, 0.5) is 4.79 Å². The van der Waals surface area contributed by atoms with Crippen LogP contribution in [-0.4, -0.2) is 49.6 Å². The molecule has 1 fully saturated rings. The predicted molar refractivity (Wildman–Crippen MR) is 69.6 cm³/mol. The van der Waals surface area contributed by atoms with Gasteiger partial charge in [0.15, 0.2) is 0 Å². The highest BCUT2D eigenvalue weighted by Crippen LogP contribution is 2.41. The molecule has 1 atom stereocenters. The van der Waals surface area contributed by atoms with Crippen LogP contribution < -0.4 is 0 Å². The van der Waals surface area contributed by atoms with Crippen LogP contribution in [0.5, 0.6) is 0 Å². The van der Waals surface area contributed by atoms with Gasteiger partial charge >= 0.3 is 6.09 Å². The van der Waals surface area contributed by atoms with Gasteiger partial charge in [-0.05, 0) is 41.5 Å². The highest BCUT2D eigenvalue weighted by molar-refractivity contribution is 5.70. The highest BCUT2D eigenvalue weighted by Gasteiger charge is 2.56. The Morgan fingerprint density at radius 1 is 1.40 bits per heavy atom. The Bertz CT molecular complexity index is 494. The quantitative estimate of drug-likeness (QED) is 0.837. The van der Waals surface area contributed by atoms with Gasteiger partial charge in [0.1, 0.15) is 16.9 Å². The van der Waals surface area contributed by atoms with E-state index >= 15 is 0 Å². The van der Waals surface area contributed by atoms with Gasteiger partial charge in [-0.25, -0.2) is 4.79 Å². The van der Waals surface area contributed by atoms with Gasteiger partial charge in [-0.3, -0.25) is 4.90 Å². The van der Waals surface area contributed by atoms with Crippen LogP contribution >= 0.6 is 0 Å². The number of aromatic nitrogens is 4. The Morgan fingerprint density at radius 3 is 2.55 bits per heavy atom. The highest BCUT2D eigenvalue weighted by atomic mass is 16.6. The second kappa shape index (κ2) is 4.41. The third-order valence-electron chi connectivity index (χ3n) is 3.14. The molecule has 2 rings (SSSR count). The first-order valence-corrected chi connectivity index (χ1v) is 6.47. The fourth-order valence-corrected chi connectivity index (χ4v) is 2.32. The zero-order chi connectivity index (χ0) is 15.2. The lowest BCUT2D eigenvalue weighted by Crippen LogP contribution is -2.54. The van der Waals surface area contributed by atoms with Crippen molar-refractivity contribution in [1.82, 2.24) is 25.5 Å². The molecule has 20 heavy (non-hydrogen) atoms. The monoisotopic (exact) mass is 283 g/mol. The number of tetrazole rings is 1. The van der Waals surface area contributed by atoms with Crippen molar-refractivity contribution in [1.29, 1.82) is 0 Å². The molecule has 1 amide bonds. The van der Waals surface area contributed by atoms with Gasteiger partial charge < -0.3 is 9.47 Å². The maximum Gasteiger partial charge on any atom is 0.413 e. The molecule has 1 saturated heterocycles. The van der Waals surface area contributed by atoms with Crippen LogP contribution in [0.3, 0.4) is 0 Å². The summed E-state index contributed by atoms with van der Waals surface area (Å²) >= 11 is 0. The number of amides is 1. The van der Waals surface area contributed by atoms with E-state index in [0.29, 0.717) is 5.82 Å². The standard InChI is InChI=1S/C12H21N5O3/c1-10(2,3)20-9(18)17-11(4,5)19-7-12(17,6)8-13-15-16-14-8/h7H2,1-6H3,(H,13,14,15,16). The largest absolute Gasteiger partial charge is 0.444 e. The first-order chi connectivity index (χ1) is 9.06. The molecule has 0 aliphatic carbocycles. The first-order valence-electron chi connectivity index (χ1n) is 6.47. The molecule has 1 unspecified atom stereocenters. The average Bonchev–Trinajstić information content (AvgIpc) is 2.83. The van der Waals surface area contributed by atoms with Crippen LogP contribution in [-0.2, 0) is 15.0 Å². The normalized spacial score (nSPS) is 25.8. The van der Waals surface area contributed by atoms with Crippen molar-refractivity contribution >= 4 is 6.09 Å². The molecule has 1 aromatic rings. The van der Waals surface area contributed by atoms with Gasteiger partial charge in [-0.2, -0.15) is 5.21 Å². The lowest BCUT2D eigenvalue weighted by Gasteiger charge is -2.38. The molecule has 0 saturated carbocycles. The summed E-state index contributed by atoms with van der Waals surface area (Å²) in [5, 5.41) is 13.9. The summed E-state index contributed by atoms with van der Waals surface area (Å²) in [5.41, 5.74) is -2.22. The van der Waals surface area contributed by atoms with E-state index in [0.717, 1.165) is 0 Å². The van der Waals surface area contributed by atoms with Crippen molar-refractivity contribution < 1.29 is 14.3 Å². The topological polar surface area (TPSA) is 93.2 Å². The Balaban J connectivity index is 2.37. The smallest absolute Gasteiger partial charge is 0.413 e. The minimum atomic E-state index is -0.821. The molecular formula is C12H21N5O3. The van der Waals surface area contributed by atoms with Crippen LogP contribution in [0, 0.1) is 0 Å². The molecule has 1 N–H and O–H groups in total. The molecule has 0 radical (unpaired) electrons. The summed E-state index contributed by atoms with van der Waals surface area (Å²) in [6, 6.07) is 0. The van der Waals surface area contributed by atoms with Crippen molar-refractivity contribution in [2.24, 2.45) is 0 Å². The first kappa shape index (κ1) is 14.7. The summed E-state index contributed by atoms with van der Waals surface area (Å²) in [7, 11) is 0. The van der Waals surface area contributed by atoms with Gasteiger partial charge in [0, 0.05) is 0 Å². The third-order valence-corrected chi connectivity index (χ3v) is 3.14. The maximum atomic E-state index is 12.5.